The summed E-state index contributed by atoms with van der Waals surface area (Å²) in [5.41, 5.74) is 1.07. The Morgan fingerprint density at radius 2 is 1.78 bits per heavy atom. The maximum Gasteiger partial charge on any atom is 0.292 e. The van der Waals surface area contributed by atoms with Crippen molar-refractivity contribution >= 4 is 11.7 Å². The molecule has 1 fully saturated rings. The molecule has 0 spiro atoms. The van der Waals surface area contributed by atoms with Crippen molar-refractivity contribution in [1.82, 2.24) is 10.3 Å². The van der Waals surface area contributed by atoms with Gasteiger partial charge in [-0.05, 0) is 30.9 Å². The maximum absolute atomic E-state index is 12.3. The summed E-state index contributed by atoms with van der Waals surface area (Å²) in [5.74, 6) is -1.12. The van der Waals surface area contributed by atoms with E-state index < -0.39 is 11.7 Å². The number of rotatable bonds is 5. The first kappa shape index (κ1) is 15.4. The monoisotopic (exact) mass is 310 g/mol. The molecule has 1 amide bonds. The van der Waals surface area contributed by atoms with E-state index in [0.717, 1.165) is 0 Å². The molecule has 1 heterocycles. The van der Waals surface area contributed by atoms with E-state index in [2.05, 4.69) is 10.3 Å². The number of Topliss-reactive ketones (excluding diaryl/α,β-unsaturated/α-hetero) is 1. The van der Waals surface area contributed by atoms with Gasteiger partial charge in [-0.3, -0.25) is 14.6 Å². The van der Waals surface area contributed by atoms with Crippen molar-refractivity contribution in [3.8, 4) is 0 Å². The molecule has 5 nitrogen and oxygen atoms in total. The van der Waals surface area contributed by atoms with Crippen molar-refractivity contribution < 1.29 is 14.7 Å². The molecule has 2 N–H and O–H groups in total. The van der Waals surface area contributed by atoms with Crippen LogP contribution in [0.4, 0.5) is 0 Å². The Hall–Kier alpha value is -2.53. The molecule has 23 heavy (non-hydrogen) atoms. The van der Waals surface area contributed by atoms with Crippen LogP contribution in [0.5, 0.6) is 0 Å². The van der Waals surface area contributed by atoms with Crippen LogP contribution in [-0.4, -0.2) is 27.9 Å². The number of amides is 1. The smallest absolute Gasteiger partial charge is 0.292 e. The summed E-state index contributed by atoms with van der Waals surface area (Å²) in [6.45, 7) is 0. The predicted molar refractivity (Wildman–Crippen MR) is 84.6 cm³/mol. The first-order valence-electron chi connectivity index (χ1n) is 7.64. The Morgan fingerprint density at radius 1 is 1.09 bits per heavy atom. The molecule has 1 aromatic heterocycles. The summed E-state index contributed by atoms with van der Waals surface area (Å²) in [6, 6.07) is 13.6. The second kappa shape index (κ2) is 6.71. The maximum atomic E-state index is 12.3. The molecule has 1 atom stereocenters. The van der Waals surface area contributed by atoms with Crippen molar-refractivity contribution in [3.05, 3.63) is 66.0 Å². The van der Waals surface area contributed by atoms with Crippen LogP contribution in [0.3, 0.4) is 0 Å². The summed E-state index contributed by atoms with van der Waals surface area (Å²) in [7, 11) is 0. The second-order valence-electron chi connectivity index (χ2n) is 5.79. The third kappa shape index (κ3) is 3.46. The van der Waals surface area contributed by atoms with E-state index in [0.29, 0.717) is 24.1 Å². The SMILES string of the molecule is O=C(NC(c1ccccn1)C1CC(O)C1)C(=O)c1ccccc1. The molecule has 5 heteroatoms. The van der Waals surface area contributed by atoms with E-state index in [1.54, 1.807) is 42.6 Å². The van der Waals surface area contributed by atoms with E-state index >= 15 is 0 Å². The third-order valence-corrected chi connectivity index (χ3v) is 4.16. The lowest BCUT2D eigenvalue weighted by molar-refractivity contribution is -0.118. The van der Waals surface area contributed by atoms with Gasteiger partial charge in [-0.2, -0.15) is 0 Å². The average molecular weight is 310 g/mol. The number of aliphatic hydroxyl groups excluding tert-OH is 1. The lowest BCUT2D eigenvalue weighted by atomic mass is 9.76. The zero-order valence-corrected chi connectivity index (χ0v) is 12.6. The van der Waals surface area contributed by atoms with Crippen molar-refractivity contribution in [3.63, 3.8) is 0 Å². The molecule has 1 aliphatic carbocycles. The summed E-state index contributed by atoms with van der Waals surface area (Å²) in [5, 5.41) is 12.3. The van der Waals surface area contributed by atoms with Gasteiger partial charge in [0.1, 0.15) is 0 Å². The number of benzene rings is 1. The van der Waals surface area contributed by atoms with Crippen LogP contribution in [0, 0.1) is 5.92 Å². The summed E-state index contributed by atoms with van der Waals surface area (Å²) in [6.07, 6.45) is 2.51. The van der Waals surface area contributed by atoms with Gasteiger partial charge >= 0.3 is 0 Å². The highest BCUT2D eigenvalue weighted by atomic mass is 16.3. The highest BCUT2D eigenvalue weighted by Gasteiger charge is 2.37. The Labute approximate surface area is 134 Å². The normalized spacial score (nSPS) is 21.1. The van der Waals surface area contributed by atoms with Crippen LogP contribution in [0.2, 0.25) is 0 Å². The molecule has 1 aliphatic rings. The quantitative estimate of drug-likeness (QED) is 0.653. The number of aromatic nitrogens is 1. The molecule has 2 aromatic rings. The van der Waals surface area contributed by atoms with Crippen LogP contribution >= 0.6 is 0 Å². The highest BCUT2D eigenvalue weighted by molar-refractivity contribution is 6.42. The fourth-order valence-corrected chi connectivity index (χ4v) is 2.82. The fraction of sp³-hybridized carbons (Fsp3) is 0.278. The van der Waals surface area contributed by atoms with Gasteiger partial charge in [0.15, 0.2) is 0 Å². The van der Waals surface area contributed by atoms with Crippen molar-refractivity contribution in [2.75, 3.05) is 0 Å². The van der Waals surface area contributed by atoms with Crippen molar-refractivity contribution in [2.24, 2.45) is 5.92 Å². The van der Waals surface area contributed by atoms with Gasteiger partial charge in [0.25, 0.3) is 5.91 Å². The molecule has 1 unspecified atom stereocenters. The molecule has 0 saturated heterocycles. The minimum absolute atomic E-state index is 0.0902. The molecule has 1 saturated carbocycles. The summed E-state index contributed by atoms with van der Waals surface area (Å²) in [4.78, 5) is 28.8. The molecule has 0 bridgehead atoms. The first-order chi connectivity index (χ1) is 11.1. The van der Waals surface area contributed by atoms with Gasteiger partial charge in [-0.25, -0.2) is 0 Å². The Kier molecular flexibility index (Phi) is 4.48. The molecular formula is C18H18N2O3. The van der Waals surface area contributed by atoms with E-state index in [1.165, 1.54) is 0 Å². The number of ketones is 1. The highest BCUT2D eigenvalue weighted by Crippen LogP contribution is 2.37. The van der Waals surface area contributed by atoms with Crippen LogP contribution in [-0.2, 0) is 4.79 Å². The number of carbonyl (C=O) groups is 2. The van der Waals surface area contributed by atoms with Crippen LogP contribution in [0.1, 0.15) is 34.9 Å². The van der Waals surface area contributed by atoms with E-state index in [-0.39, 0.29) is 18.1 Å². The third-order valence-electron chi connectivity index (χ3n) is 4.16. The molecule has 3 rings (SSSR count). The van der Waals surface area contributed by atoms with Crippen LogP contribution < -0.4 is 5.32 Å². The van der Waals surface area contributed by atoms with Gasteiger partial charge in [0.05, 0.1) is 17.8 Å². The number of nitrogens with zero attached hydrogens (tertiary/aromatic N) is 1. The predicted octanol–water partition coefficient (Wildman–Crippen LogP) is 1.89. The van der Waals surface area contributed by atoms with Gasteiger partial charge in [0.2, 0.25) is 5.78 Å². The minimum atomic E-state index is -0.645. The summed E-state index contributed by atoms with van der Waals surface area (Å²) >= 11 is 0. The van der Waals surface area contributed by atoms with Gasteiger partial charge < -0.3 is 10.4 Å². The zero-order chi connectivity index (χ0) is 16.2. The number of carbonyl (C=O) groups excluding carboxylic acids is 2. The molecule has 0 aliphatic heterocycles. The van der Waals surface area contributed by atoms with Gasteiger partial charge in [0, 0.05) is 11.8 Å². The number of nitrogens with one attached hydrogen (secondary N) is 1. The average Bonchev–Trinajstić information content (AvgIpc) is 2.58. The molecule has 0 radical (unpaired) electrons. The lowest BCUT2D eigenvalue weighted by Gasteiger charge is -2.37. The Balaban J connectivity index is 1.76. The minimum Gasteiger partial charge on any atom is -0.393 e. The molecule has 118 valence electrons. The van der Waals surface area contributed by atoms with Gasteiger partial charge in [-0.1, -0.05) is 36.4 Å². The summed E-state index contributed by atoms with van der Waals surface area (Å²) < 4.78 is 0. The first-order valence-corrected chi connectivity index (χ1v) is 7.64. The van der Waals surface area contributed by atoms with E-state index in [9.17, 15) is 14.7 Å². The van der Waals surface area contributed by atoms with Crippen LogP contribution in [0.15, 0.2) is 54.7 Å². The standard InChI is InChI=1S/C18H18N2O3/c21-14-10-13(11-14)16(15-8-4-5-9-19-15)20-18(23)17(22)12-6-2-1-3-7-12/h1-9,13-14,16,21H,10-11H2,(H,20,23). The number of aliphatic hydroxyl groups is 1. The molecule has 1 aromatic carbocycles. The van der Waals surface area contributed by atoms with Crippen LogP contribution in [0.25, 0.3) is 0 Å². The van der Waals surface area contributed by atoms with Crippen molar-refractivity contribution in [2.45, 2.75) is 25.0 Å². The second-order valence-corrected chi connectivity index (χ2v) is 5.79. The van der Waals surface area contributed by atoms with E-state index in [1.807, 2.05) is 12.1 Å². The number of pyridine rings is 1. The molecular weight excluding hydrogens is 292 g/mol. The van der Waals surface area contributed by atoms with Crippen molar-refractivity contribution in [1.29, 1.82) is 0 Å². The van der Waals surface area contributed by atoms with Gasteiger partial charge in [-0.15, -0.1) is 0 Å². The number of hydrogen-bond acceptors (Lipinski definition) is 4. The topological polar surface area (TPSA) is 79.3 Å². The Morgan fingerprint density at radius 3 is 2.39 bits per heavy atom. The zero-order valence-electron chi connectivity index (χ0n) is 12.6. The largest absolute Gasteiger partial charge is 0.393 e. The van der Waals surface area contributed by atoms with E-state index in [4.69, 9.17) is 0 Å². The lowest BCUT2D eigenvalue weighted by Crippen LogP contribution is -2.43. The number of hydrogen-bond donors (Lipinski definition) is 2. The Bertz CT molecular complexity index is 682. The fourth-order valence-electron chi connectivity index (χ4n) is 2.82.